The van der Waals surface area contributed by atoms with E-state index in [1.54, 1.807) is 6.92 Å². The molecule has 8 heteroatoms. The minimum Gasteiger partial charge on any atom is -0.361 e. The van der Waals surface area contributed by atoms with Crippen molar-refractivity contribution < 1.29 is 4.92 Å². The van der Waals surface area contributed by atoms with Gasteiger partial charge in [0.25, 0.3) is 0 Å². The molecule has 1 heterocycles. The Balaban J connectivity index is 2.42. The van der Waals surface area contributed by atoms with E-state index in [1.165, 1.54) is 0 Å². The molecule has 0 radical (unpaired) electrons. The van der Waals surface area contributed by atoms with Crippen molar-refractivity contribution in [2.45, 2.75) is 25.8 Å². The summed E-state index contributed by atoms with van der Waals surface area (Å²) in [4.78, 5) is 18.2. The Morgan fingerprint density at radius 1 is 1.50 bits per heavy atom. The van der Waals surface area contributed by atoms with Crippen molar-refractivity contribution >= 4 is 17.5 Å². The van der Waals surface area contributed by atoms with Gasteiger partial charge in [-0.25, -0.2) is 10.8 Å². The third-order valence-corrected chi connectivity index (χ3v) is 2.29. The van der Waals surface area contributed by atoms with Gasteiger partial charge in [-0.3, -0.25) is 15.5 Å². The number of anilines is 2. The van der Waals surface area contributed by atoms with Crippen molar-refractivity contribution in [3.8, 4) is 0 Å². The largest absolute Gasteiger partial charge is 0.361 e. The summed E-state index contributed by atoms with van der Waals surface area (Å²) in [6.45, 7) is 1.55. The maximum absolute atomic E-state index is 10.9. The van der Waals surface area contributed by atoms with Gasteiger partial charge in [-0.15, -0.1) is 0 Å². The van der Waals surface area contributed by atoms with Crippen LogP contribution in [0.15, 0.2) is 0 Å². The maximum Gasteiger partial charge on any atom is 0.332 e. The number of hydrogen-bond donors (Lipinski definition) is 3. The zero-order chi connectivity index (χ0) is 11.7. The summed E-state index contributed by atoms with van der Waals surface area (Å²) in [7, 11) is 0. The summed E-state index contributed by atoms with van der Waals surface area (Å²) in [5.41, 5.74) is 2.48. The molecular weight excluding hydrogens is 212 g/mol. The molecule has 16 heavy (non-hydrogen) atoms. The maximum atomic E-state index is 10.9. The van der Waals surface area contributed by atoms with E-state index < -0.39 is 4.92 Å². The standard InChI is InChI=1S/C8H12N6O2/c1-4-6(14(15)16)7(11-5-2-3-5)12-8(10-4)13-9/h5H,2-3,9H2,1H3,(H2,10,11,12,13). The van der Waals surface area contributed by atoms with E-state index in [9.17, 15) is 10.1 Å². The second kappa shape index (κ2) is 3.89. The molecule has 1 saturated carbocycles. The van der Waals surface area contributed by atoms with Crippen molar-refractivity contribution in [1.29, 1.82) is 0 Å². The van der Waals surface area contributed by atoms with Crippen LogP contribution in [0.25, 0.3) is 0 Å². The molecule has 1 aliphatic carbocycles. The summed E-state index contributed by atoms with van der Waals surface area (Å²) in [5.74, 6) is 5.59. The van der Waals surface area contributed by atoms with Crippen molar-refractivity contribution in [3.63, 3.8) is 0 Å². The molecular formula is C8H12N6O2. The zero-order valence-corrected chi connectivity index (χ0v) is 8.73. The lowest BCUT2D eigenvalue weighted by molar-refractivity contribution is -0.385. The average molecular weight is 224 g/mol. The lowest BCUT2D eigenvalue weighted by atomic mass is 10.3. The highest BCUT2D eigenvalue weighted by Gasteiger charge is 2.28. The SMILES string of the molecule is Cc1nc(NN)nc(NC2CC2)c1[N+](=O)[O-]. The van der Waals surface area contributed by atoms with E-state index in [0.29, 0.717) is 0 Å². The fourth-order valence-corrected chi connectivity index (χ4v) is 1.37. The molecule has 4 N–H and O–H groups in total. The lowest BCUT2D eigenvalue weighted by Crippen LogP contribution is -2.15. The van der Waals surface area contributed by atoms with Crippen LogP contribution in [0.5, 0.6) is 0 Å². The number of nitro groups is 1. The lowest BCUT2D eigenvalue weighted by Gasteiger charge is -2.08. The first-order valence-electron chi connectivity index (χ1n) is 4.88. The van der Waals surface area contributed by atoms with Crippen LogP contribution >= 0.6 is 0 Å². The van der Waals surface area contributed by atoms with Gasteiger partial charge < -0.3 is 5.32 Å². The van der Waals surface area contributed by atoms with Gasteiger partial charge in [-0.05, 0) is 19.8 Å². The van der Waals surface area contributed by atoms with Gasteiger partial charge in [0.05, 0.1) is 4.92 Å². The van der Waals surface area contributed by atoms with Crippen molar-refractivity contribution in [1.82, 2.24) is 9.97 Å². The third kappa shape index (κ3) is 2.01. The monoisotopic (exact) mass is 224 g/mol. The Bertz CT molecular complexity index is 431. The molecule has 0 spiro atoms. The first-order chi connectivity index (χ1) is 7.61. The van der Waals surface area contributed by atoms with Gasteiger partial charge in [-0.1, -0.05) is 0 Å². The summed E-state index contributed by atoms with van der Waals surface area (Å²) in [6, 6.07) is 0.277. The highest BCUT2D eigenvalue weighted by Crippen LogP contribution is 2.31. The third-order valence-electron chi connectivity index (χ3n) is 2.29. The topological polar surface area (TPSA) is 119 Å². The van der Waals surface area contributed by atoms with E-state index in [0.717, 1.165) is 12.8 Å². The molecule has 1 aromatic rings. The molecule has 0 saturated heterocycles. The molecule has 2 rings (SSSR count). The van der Waals surface area contributed by atoms with Gasteiger partial charge in [-0.2, -0.15) is 4.98 Å². The fraction of sp³-hybridized carbons (Fsp3) is 0.500. The van der Waals surface area contributed by atoms with Crippen molar-refractivity contribution in [2.75, 3.05) is 10.7 Å². The Morgan fingerprint density at radius 3 is 2.69 bits per heavy atom. The molecule has 0 aromatic carbocycles. The van der Waals surface area contributed by atoms with Crippen LogP contribution in [0, 0.1) is 17.0 Å². The summed E-state index contributed by atoms with van der Waals surface area (Å²) in [5, 5.41) is 13.9. The molecule has 1 aromatic heterocycles. The van der Waals surface area contributed by atoms with Crippen LogP contribution in [-0.2, 0) is 0 Å². The Labute approximate surface area is 91.4 Å². The predicted molar refractivity (Wildman–Crippen MR) is 57.9 cm³/mol. The van der Waals surface area contributed by atoms with E-state index >= 15 is 0 Å². The molecule has 1 aliphatic rings. The van der Waals surface area contributed by atoms with Gasteiger partial charge in [0.2, 0.25) is 11.8 Å². The highest BCUT2D eigenvalue weighted by atomic mass is 16.6. The van der Waals surface area contributed by atoms with Crippen LogP contribution < -0.4 is 16.6 Å². The van der Waals surface area contributed by atoms with Crippen LogP contribution in [0.1, 0.15) is 18.5 Å². The number of nitrogen functional groups attached to an aromatic ring is 1. The second-order valence-electron chi connectivity index (χ2n) is 3.65. The van der Waals surface area contributed by atoms with Gasteiger partial charge in [0, 0.05) is 6.04 Å². The first kappa shape index (κ1) is 10.6. The van der Waals surface area contributed by atoms with Crippen LogP contribution in [0.4, 0.5) is 17.5 Å². The van der Waals surface area contributed by atoms with Gasteiger partial charge >= 0.3 is 5.69 Å². The number of rotatable bonds is 4. The normalized spacial score (nSPS) is 14.6. The number of hydrogen-bond acceptors (Lipinski definition) is 7. The van der Waals surface area contributed by atoms with E-state index in [1.807, 2.05) is 0 Å². The number of nitrogens with zero attached hydrogens (tertiary/aromatic N) is 3. The quantitative estimate of drug-likeness (QED) is 0.388. The minimum atomic E-state index is -0.486. The van der Waals surface area contributed by atoms with E-state index in [4.69, 9.17) is 5.84 Å². The Morgan fingerprint density at radius 2 is 2.19 bits per heavy atom. The number of aromatic nitrogens is 2. The van der Waals surface area contributed by atoms with E-state index in [-0.39, 0.29) is 29.2 Å². The van der Waals surface area contributed by atoms with Gasteiger partial charge in [0.1, 0.15) is 5.69 Å². The van der Waals surface area contributed by atoms with Crippen LogP contribution in [0.2, 0.25) is 0 Å². The second-order valence-corrected chi connectivity index (χ2v) is 3.65. The zero-order valence-electron chi connectivity index (χ0n) is 8.73. The highest BCUT2D eigenvalue weighted by molar-refractivity contribution is 5.61. The van der Waals surface area contributed by atoms with Crippen molar-refractivity contribution in [3.05, 3.63) is 15.8 Å². The van der Waals surface area contributed by atoms with Crippen molar-refractivity contribution in [2.24, 2.45) is 5.84 Å². The molecule has 0 bridgehead atoms. The number of aryl methyl sites for hydroxylation is 1. The summed E-state index contributed by atoms with van der Waals surface area (Å²) >= 11 is 0. The number of nitrogens with two attached hydrogens (primary N) is 1. The molecule has 0 atom stereocenters. The van der Waals surface area contributed by atoms with Crippen LogP contribution in [-0.4, -0.2) is 20.9 Å². The summed E-state index contributed by atoms with van der Waals surface area (Å²) in [6.07, 6.45) is 2.01. The Kier molecular flexibility index (Phi) is 2.57. The molecule has 0 unspecified atom stereocenters. The number of nitrogens with one attached hydrogen (secondary N) is 2. The van der Waals surface area contributed by atoms with Crippen LogP contribution in [0.3, 0.4) is 0 Å². The number of hydrazine groups is 1. The van der Waals surface area contributed by atoms with Gasteiger partial charge in [0.15, 0.2) is 0 Å². The predicted octanol–water partition coefficient (Wildman–Crippen LogP) is 0.553. The minimum absolute atomic E-state index is 0.0918. The molecule has 0 amide bonds. The van der Waals surface area contributed by atoms with E-state index in [2.05, 4.69) is 20.7 Å². The molecule has 1 fully saturated rings. The first-order valence-corrected chi connectivity index (χ1v) is 4.88. The average Bonchev–Trinajstić information content (AvgIpc) is 3.00. The molecule has 86 valence electrons. The summed E-state index contributed by atoms with van der Waals surface area (Å²) < 4.78 is 0. The fourth-order valence-electron chi connectivity index (χ4n) is 1.37. The molecule has 0 aliphatic heterocycles. The smallest absolute Gasteiger partial charge is 0.332 e. The molecule has 8 nitrogen and oxygen atoms in total. The Hall–Kier alpha value is -1.96.